The fraction of sp³-hybridized carbons (Fsp3) is 0.571. The number of methoxy groups -OCH3 is 1. The van der Waals surface area contributed by atoms with Gasteiger partial charge in [0.25, 0.3) is 0 Å². The van der Waals surface area contributed by atoms with Crippen LogP contribution in [0.5, 0.6) is 11.5 Å². The predicted octanol–water partition coefficient (Wildman–Crippen LogP) is 3.90. The molecule has 0 amide bonds. The average molecular weight is 271 g/mol. The number of nitrogens with one attached hydrogen (secondary N) is 1. The summed E-state index contributed by atoms with van der Waals surface area (Å²) < 4.78 is 34.1. The lowest BCUT2D eigenvalue weighted by Crippen LogP contribution is -2.15. The summed E-state index contributed by atoms with van der Waals surface area (Å²) in [5.41, 5.74) is 0.788. The zero-order valence-corrected chi connectivity index (χ0v) is 11.2. The standard InChI is InChI=1S/C14H19F2NO2/c1-9-3-4-10(7-9)17-11-5-6-12(18-2)13(8-11)19-14(15)16/h5-6,8-10,14,17H,3-4,7H2,1-2H3. The van der Waals surface area contributed by atoms with Gasteiger partial charge >= 0.3 is 6.61 Å². The number of anilines is 1. The Morgan fingerprint density at radius 3 is 2.63 bits per heavy atom. The van der Waals surface area contributed by atoms with Crippen molar-refractivity contribution < 1.29 is 18.3 Å². The monoisotopic (exact) mass is 271 g/mol. The molecule has 0 aliphatic heterocycles. The van der Waals surface area contributed by atoms with E-state index in [1.54, 1.807) is 12.1 Å². The van der Waals surface area contributed by atoms with E-state index in [4.69, 9.17) is 4.74 Å². The van der Waals surface area contributed by atoms with E-state index in [2.05, 4.69) is 17.0 Å². The molecule has 0 bridgehead atoms. The minimum absolute atomic E-state index is 0.0635. The first-order valence-electron chi connectivity index (χ1n) is 6.48. The summed E-state index contributed by atoms with van der Waals surface area (Å²) in [6.45, 7) is -0.628. The van der Waals surface area contributed by atoms with E-state index >= 15 is 0 Å². The van der Waals surface area contributed by atoms with Crippen molar-refractivity contribution in [3.05, 3.63) is 18.2 Å². The molecule has 5 heteroatoms. The molecule has 0 radical (unpaired) electrons. The first-order valence-corrected chi connectivity index (χ1v) is 6.48. The normalized spacial score (nSPS) is 22.6. The van der Waals surface area contributed by atoms with Crippen molar-refractivity contribution in [3.63, 3.8) is 0 Å². The van der Waals surface area contributed by atoms with Gasteiger partial charge in [0.1, 0.15) is 0 Å². The smallest absolute Gasteiger partial charge is 0.387 e. The molecule has 2 unspecified atom stereocenters. The van der Waals surface area contributed by atoms with E-state index in [0.29, 0.717) is 17.7 Å². The van der Waals surface area contributed by atoms with Gasteiger partial charge in [-0.25, -0.2) is 0 Å². The molecule has 106 valence electrons. The SMILES string of the molecule is COc1ccc(NC2CCC(C)C2)cc1OC(F)F. The fourth-order valence-corrected chi connectivity index (χ4v) is 2.53. The van der Waals surface area contributed by atoms with Gasteiger partial charge in [0.15, 0.2) is 11.5 Å². The summed E-state index contributed by atoms with van der Waals surface area (Å²) in [6.07, 6.45) is 3.42. The summed E-state index contributed by atoms with van der Waals surface area (Å²) in [7, 11) is 1.43. The highest BCUT2D eigenvalue weighted by atomic mass is 19.3. The predicted molar refractivity (Wildman–Crippen MR) is 70.1 cm³/mol. The maximum atomic E-state index is 12.3. The molecule has 19 heavy (non-hydrogen) atoms. The van der Waals surface area contributed by atoms with Crippen LogP contribution in [0.3, 0.4) is 0 Å². The van der Waals surface area contributed by atoms with Gasteiger partial charge in [0.2, 0.25) is 0 Å². The van der Waals surface area contributed by atoms with Crippen molar-refractivity contribution in [2.45, 2.75) is 38.8 Å². The maximum absolute atomic E-state index is 12.3. The summed E-state index contributed by atoms with van der Waals surface area (Å²) >= 11 is 0. The minimum Gasteiger partial charge on any atom is -0.493 e. The largest absolute Gasteiger partial charge is 0.493 e. The number of hydrogen-bond acceptors (Lipinski definition) is 3. The first kappa shape index (κ1) is 13.9. The quantitative estimate of drug-likeness (QED) is 0.881. The molecule has 0 spiro atoms. The van der Waals surface area contributed by atoms with Crippen molar-refractivity contribution in [1.82, 2.24) is 0 Å². The molecular formula is C14H19F2NO2. The third-order valence-corrected chi connectivity index (χ3v) is 3.45. The highest BCUT2D eigenvalue weighted by molar-refractivity contribution is 5.55. The molecule has 1 saturated carbocycles. The van der Waals surface area contributed by atoms with Gasteiger partial charge < -0.3 is 14.8 Å². The lowest BCUT2D eigenvalue weighted by Gasteiger charge is -2.16. The third kappa shape index (κ3) is 3.72. The molecule has 1 fully saturated rings. The highest BCUT2D eigenvalue weighted by Crippen LogP contribution is 2.33. The molecule has 0 saturated heterocycles. The minimum atomic E-state index is -2.85. The van der Waals surface area contributed by atoms with Crippen LogP contribution in [0.1, 0.15) is 26.2 Å². The molecular weight excluding hydrogens is 252 g/mol. The van der Waals surface area contributed by atoms with Crippen molar-refractivity contribution in [3.8, 4) is 11.5 Å². The zero-order chi connectivity index (χ0) is 13.8. The summed E-state index contributed by atoms with van der Waals surface area (Å²) in [4.78, 5) is 0. The second-order valence-corrected chi connectivity index (χ2v) is 5.00. The zero-order valence-electron chi connectivity index (χ0n) is 11.2. The van der Waals surface area contributed by atoms with Crippen LogP contribution < -0.4 is 14.8 Å². The van der Waals surface area contributed by atoms with Crippen LogP contribution >= 0.6 is 0 Å². The molecule has 2 atom stereocenters. The fourth-order valence-electron chi connectivity index (χ4n) is 2.53. The van der Waals surface area contributed by atoms with Gasteiger partial charge in [-0.3, -0.25) is 0 Å². The molecule has 1 aliphatic carbocycles. The Hall–Kier alpha value is -1.52. The van der Waals surface area contributed by atoms with Gasteiger partial charge in [-0.05, 0) is 37.3 Å². The molecule has 2 rings (SSSR count). The lowest BCUT2D eigenvalue weighted by molar-refractivity contribution is -0.0511. The van der Waals surface area contributed by atoms with Gasteiger partial charge in [-0.1, -0.05) is 6.92 Å². The van der Waals surface area contributed by atoms with Crippen molar-refractivity contribution >= 4 is 5.69 Å². The van der Waals surface area contributed by atoms with Crippen LogP contribution in [-0.2, 0) is 0 Å². The number of ether oxygens (including phenoxy) is 2. The van der Waals surface area contributed by atoms with Gasteiger partial charge in [0, 0.05) is 17.8 Å². The number of halogens is 2. The van der Waals surface area contributed by atoms with Crippen molar-refractivity contribution in [1.29, 1.82) is 0 Å². The van der Waals surface area contributed by atoms with E-state index in [1.165, 1.54) is 13.5 Å². The van der Waals surface area contributed by atoms with Crippen LogP contribution in [0.25, 0.3) is 0 Å². The summed E-state index contributed by atoms with van der Waals surface area (Å²) in [6, 6.07) is 5.43. The lowest BCUT2D eigenvalue weighted by atomic mass is 10.1. The van der Waals surface area contributed by atoms with E-state index in [1.807, 2.05) is 6.07 Å². The van der Waals surface area contributed by atoms with Crippen LogP contribution in [0.2, 0.25) is 0 Å². The Morgan fingerprint density at radius 2 is 2.05 bits per heavy atom. The number of benzene rings is 1. The molecule has 1 aliphatic rings. The van der Waals surface area contributed by atoms with E-state index in [-0.39, 0.29) is 5.75 Å². The first-order chi connectivity index (χ1) is 9.08. The number of rotatable bonds is 5. The third-order valence-electron chi connectivity index (χ3n) is 3.45. The topological polar surface area (TPSA) is 30.5 Å². The highest BCUT2D eigenvalue weighted by Gasteiger charge is 2.21. The Balaban J connectivity index is 2.08. The Labute approximate surface area is 111 Å². The Morgan fingerprint density at radius 1 is 1.26 bits per heavy atom. The van der Waals surface area contributed by atoms with Crippen LogP contribution in [0.15, 0.2) is 18.2 Å². The Kier molecular flexibility index (Phi) is 4.45. The van der Waals surface area contributed by atoms with Crippen molar-refractivity contribution in [2.24, 2.45) is 5.92 Å². The molecule has 0 aromatic heterocycles. The summed E-state index contributed by atoms with van der Waals surface area (Å²) in [5.74, 6) is 1.09. The molecule has 1 N–H and O–H groups in total. The maximum Gasteiger partial charge on any atom is 0.387 e. The second-order valence-electron chi connectivity index (χ2n) is 5.00. The molecule has 0 heterocycles. The summed E-state index contributed by atoms with van der Waals surface area (Å²) in [5, 5.41) is 3.36. The van der Waals surface area contributed by atoms with Gasteiger partial charge in [-0.15, -0.1) is 0 Å². The second kappa shape index (κ2) is 6.08. The van der Waals surface area contributed by atoms with Gasteiger partial charge in [0.05, 0.1) is 7.11 Å². The average Bonchev–Trinajstić information content (AvgIpc) is 2.74. The van der Waals surface area contributed by atoms with Crippen LogP contribution in [0.4, 0.5) is 14.5 Å². The van der Waals surface area contributed by atoms with E-state index < -0.39 is 6.61 Å². The van der Waals surface area contributed by atoms with Gasteiger partial charge in [-0.2, -0.15) is 8.78 Å². The van der Waals surface area contributed by atoms with E-state index in [9.17, 15) is 8.78 Å². The van der Waals surface area contributed by atoms with Crippen molar-refractivity contribution in [2.75, 3.05) is 12.4 Å². The molecule has 3 nitrogen and oxygen atoms in total. The molecule has 1 aromatic rings. The number of alkyl halides is 2. The van der Waals surface area contributed by atoms with Crippen LogP contribution in [0, 0.1) is 5.92 Å². The number of hydrogen-bond donors (Lipinski definition) is 1. The molecule has 1 aromatic carbocycles. The Bertz CT molecular complexity index is 426. The van der Waals surface area contributed by atoms with Crippen LogP contribution in [-0.4, -0.2) is 19.8 Å². The van der Waals surface area contributed by atoms with E-state index in [0.717, 1.165) is 18.5 Å².